The van der Waals surface area contributed by atoms with Crippen molar-refractivity contribution in [3.63, 3.8) is 0 Å². The molecule has 2 unspecified atom stereocenters. The van der Waals surface area contributed by atoms with Gasteiger partial charge in [-0.1, -0.05) is 19.1 Å². The van der Waals surface area contributed by atoms with Crippen LogP contribution in [0.25, 0.3) is 0 Å². The van der Waals surface area contributed by atoms with E-state index in [1.165, 1.54) is 0 Å². The Balaban J connectivity index is 2.07. The SMILES string of the molecule is CCC(C)(NC(=O)Nc1cccc(C(C)OC)c1)c1nccs1. The molecule has 0 aliphatic carbocycles. The molecule has 1 aromatic carbocycles. The smallest absolute Gasteiger partial charge is 0.320 e. The van der Waals surface area contributed by atoms with Crippen molar-refractivity contribution in [1.82, 2.24) is 10.3 Å². The molecular formula is C17H23N3O2S. The van der Waals surface area contributed by atoms with E-state index in [1.807, 2.05) is 50.4 Å². The van der Waals surface area contributed by atoms with E-state index in [1.54, 1.807) is 24.6 Å². The van der Waals surface area contributed by atoms with Crippen LogP contribution < -0.4 is 10.6 Å². The van der Waals surface area contributed by atoms with Crippen LogP contribution in [0.15, 0.2) is 35.8 Å². The van der Waals surface area contributed by atoms with E-state index in [4.69, 9.17) is 4.74 Å². The summed E-state index contributed by atoms with van der Waals surface area (Å²) in [7, 11) is 1.66. The van der Waals surface area contributed by atoms with Crippen molar-refractivity contribution < 1.29 is 9.53 Å². The maximum atomic E-state index is 12.4. The zero-order valence-corrected chi connectivity index (χ0v) is 14.7. The first-order chi connectivity index (χ1) is 11.0. The molecule has 0 bridgehead atoms. The molecule has 0 saturated heterocycles. The van der Waals surface area contributed by atoms with Gasteiger partial charge in [-0.05, 0) is 38.0 Å². The van der Waals surface area contributed by atoms with E-state index in [2.05, 4.69) is 15.6 Å². The highest BCUT2D eigenvalue weighted by atomic mass is 32.1. The van der Waals surface area contributed by atoms with Crippen LogP contribution in [0.5, 0.6) is 0 Å². The molecule has 2 N–H and O–H groups in total. The van der Waals surface area contributed by atoms with E-state index < -0.39 is 5.54 Å². The lowest BCUT2D eigenvalue weighted by atomic mass is 10.0. The van der Waals surface area contributed by atoms with Gasteiger partial charge in [0.2, 0.25) is 0 Å². The molecule has 2 rings (SSSR count). The quantitative estimate of drug-likeness (QED) is 0.828. The van der Waals surface area contributed by atoms with E-state index in [-0.39, 0.29) is 12.1 Å². The molecule has 0 spiro atoms. The summed E-state index contributed by atoms with van der Waals surface area (Å²) in [5, 5.41) is 8.72. The maximum absolute atomic E-state index is 12.4. The minimum absolute atomic E-state index is 0.0176. The number of hydrogen-bond acceptors (Lipinski definition) is 4. The molecule has 1 aromatic heterocycles. The predicted octanol–water partition coefficient (Wildman–Crippen LogP) is 4.30. The van der Waals surface area contributed by atoms with Crippen LogP contribution in [0, 0.1) is 0 Å². The first kappa shape index (κ1) is 17.4. The second-order valence-corrected chi connectivity index (χ2v) is 6.50. The Labute approximate surface area is 141 Å². The monoisotopic (exact) mass is 333 g/mol. The summed E-state index contributed by atoms with van der Waals surface area (Å²) in [6.45, 7) is 5.98. The number of amides is 2. The summed E-state index contributed by atoms with van der Waals surface area (Å²) < 4.78 is 5.31. The van der Waals surface area contributed by atoms with Gasteiger partial charge in [-0.3, -0.25) is 0 Å². The fraction of sp³-hybridized carbons (Fsp3) is 0.412. The van der Waals surface area contributed by atoms with Gasteiger partial charge in [0.25, 0.3) is 0 Å². The van der Waals surface area contributed by atoms with Gasteiger partial charge in [0.05, 0.1) is 11.6 Å². The molecule has 1 heterocycles. The third kappa shape index (κ3) is 4.30. The summed E-state index contributed by atoms with van der Waals surface area (Å²) >= 11 is 1.54. The normalized spacial score (nSPS) is 14.8. The lowest BCUT2D eigenvalue weighted by Crippen LogP contribution is -2.45. The van der Waals surface area contributed by atoms with E-state index >= 15 is 0 Å². The summed E-state index contributed by atoms with van der Waals surface area (Å²) in [5.74, 6) is 0. The molecule has 0 aliphatic rings. The van der Waals surface area contributed by atoms with Crippen LogP contribution in [0.2, 0.25) is 0 Å². The average Bonchev–Trinajstić information content (AvgIpc) is 3.09. The first-order valence-corrected chi connectivity index (χ1v) is 8.48. The molecule has 2 aromatic rings. The van der Waals surface area contributed by atoms with Crippen LogP contribution in [0.3, 0.4) is 0 Å². The standard InChI is InChI=1S/C17H23N3O2S/c1-5-17(3,15-18-9-10-23-15)20-16(21)19-14-8-6-7-13(11-14)12(2)22-4/h6-12H,5H2,1-4H3,(H2,19,20,21). The van der Waals surface area contributed by atoms with Crippen molar-refractivity contribution in [2.24, 2.45) is 0 Å². The number of urea groups is 1. The minimum Gasteiger partial charge on any atom is -0.377 e. The summed E-state index contributed by atoms with van der Waals surface area (Å²) in [4.78, 5) is 16.7. The number of thiazole rings is 1. The highest BCUT2D eigenvalue weighted by Crippen LogP contribution is 2.26. The predicted molar refractivity (Wildman–Crippen MR) is 93.8 cm³/mol. The number of carbonyl (C=O) groups excluding carboxylic acids is 1. The van der Waals surface area contributed by atoms with Gasteiger partial charge < -0.3 is 15.4 Å². The number of ether oxygens (including phenoxy) is 1. The van der Waals surface area contributed by atoms with Crippen molar-refractivity contribution in [1.29, 1.82) is 0 Å². The van der Waals surface area contributed by atoms with E-state index in [0.29, 0.717) is 0 Å². The molecule has 5 nitrogen and oxygen atoms in total. The summed E-state index contributed by atoms with van der Waals surface area (Å²) in [6, 6.07) is 7.41. The number of nitrogens with one attached hydrogen (secondary N) is 2. The number of methoxy groups -OCH3 is 1. The number of nitrogens with zero attached hydrogens (tertiary/aromatic N) is 1. The second kappa shape index (κ2) is 7.57. The van der Waals surface area contributed by atoms with E-state index in [9.17, 15) is 4.79 Å². The highest BCUT2D eigenvalue weighted by molar-refractivity contribution is 7.09. The Morgan fingerprint density at radius 1 is 1.48 bits per heavy atom. The molecular weight excluding hydrogens is 310 g/mol. The third-order valence-electron chi connectivity index (χ3n) is 3.97. The lowest BCUT2D eigenvalue weighted by Gasteiger charge is -2.27. The third-order valence-corrected chi connectivity index (χ3v) is 5.01. The minimum atomic E-state index is -0.477. The van der Waals surface area contributed by atoms with Crippen LogP contribution in [-0.2, 0) is 10.3 Å². The van der Waals surface area contributed by atoms with Gasteiger partial charge in [-0.25, -0.2) is 9.78 Å². The molecule has 0 aliphatic heterocycles. The van der Waals surface area contributed by atoms with Gasteiger partial charge in [0.1, 0.15) is 5.01 Å². The van der Waals surface area contributed by atoms with Gasteiger partial charge in [-0.2, -0.15) is 0 Å². The van der Waals surface area contributed by atoms with Gasteiger partial charge in [-0.15, -0.1) is 11.3 Å². The van der Waals surface area contributed by atoms with Gasteiger partial charge in [0.15, 0.2) is 0 Å². The second-order valence-electron chi connectivity index (χ2n) is 5.61. The Bertz CT molecular complexity index is 645. The number of carbonyl (C=O) groups is 1. The Morgan fingerprint density at radius 2 is 2.26 bits per heavy atom. The van der Waals surface area contributed by atoms with Crippen molar-refractivity contribution in [2.45, 2.75) is 38.8 Å². The zero-order chi connectivity index (χ0) is 16.9. The average molecular weight is 333 g/mol. The van der Waals surface area contributed by atoms with Crippen LogP contribution >= 0.6 is 11.3 Å². The number of rotatable bonds is 6. The van der Waals surface area contributed by atoms with Crippen molar-refractivity contribution in [3.05, 3.63) is 46.4 Å². The summed E-state index contributed by atoms with van der Waals surface area (Å²) in [6.07, 6.45) is 2.49. The van der Waals surface area contributed by atoms with E-state index in [0.717, 1.165) is 22.7 Å². The van der Waals surface area contributed by atoms with Crippen LogP contribution in [-0.4, -0.2) is 18.1 Å². The zero-order valence-electron chi connectivity index (χ0n) is 13.9. The molecule has 23 heavy (non-hydrogen) atoms. The molecule has 0 radical (unpaired) electrons. The first-order valence-electron chi connectivity index (χ1n) is 7.60. The molecule has 6 heteroatoms. The van der Waals surface area contributed by atoms with Crippen LogP contribution in [0.4, 0.5) is 10.5 Å². The molecule has 2 amide bonds. The number of aromatic nitrogens is 1. The lowest BCUT2D eigenvalue weighted by molar-refractivity contribution is 0.119. The fourth-order valence-electron chi connectivity index (χ4n) is 2.21. The number of benzene rings is 1. The molecule has 0 saturated carbocycles. The largest absolute Gasteiger partial charge is 0.377 e. The molecule has 2 atom stereocenters. The van der Waals surface area contributed by atoms with Crippen molar-refractivity contribution >= 4 is 23.1 Å². The van der Waals surface area contributed by atoms with Crippen molar-refractivity contribution in [2.75, 3.05) is 12.4 Å². The van der Waals surface area contributed by atoms with Crippen LogP contribution in [0.1, 0.15) is 43.9 Å². The number of anilines is 1. The fourth-order valence-corrected chi connectivity index (χ4v) is 3.04. The Morgan fingerprint density at radius 3 is 2.87 bits per heavy atom. The summed E-state index contributed by atoms with van der Waals surface area (Å²) in [5.41, 5.74) is 1.28. The Hall–Kier alpha value is -1.92. The molecule has 124 valence electrons. The van der Waals surface area contributed by atoms with Crippen molar-refractivity contribution in [3.8, 4) is 0 Å². The molecule has 0 fully saturated rings. The van der Waals surface area contributed by atoms with Gasteiger partial charge >= 0.3 is 6.03 Å². The maximum Gasteiger partial charge on any atom is 0.320 e. The van der Waals surface area contributed by atoms with Gasteiger partial charge in [0, 0.05) is 24.4 Å². The highest BCUT2D eigenvalue weighted by Gasteiger charge is 2.29. The number of hydrogen-bond donors (Lipinski definition) is 2. The Kier molecular flexibility index (Phi) is 5.74. The topological polar surface area (TPSA) is 63.2 Å².